The molecule has 0 aromatic heterocycles. The second kappa shape index (κ2) is 6.94. The van der Waals surface area contributed by atoms with Crippen molar-refractivity contribution < 1.29 is 17.9 Å². The van der Waals surface area contributed by atoms with Gasteiger partial charge in [-0.2, -0.15) is 5.26 Å². The van der Waals surface area contributed by atoms with Crippen molar-refractivity contribution in [1.82, 2.24) is 9.91 Å². The van der Waals surface area contributed by atoms with E-state index in [4.69, 9.17) is 5.26 Å². The number of nitriles is 1. The van der Waals surface area contributed by atoms with E-state index in [-0.39, 0.29) is 5.56 Å². The summed E-state index contributed by atoms with van der Waals surface area (Å²) >= 11 is 0. The van der Waals surface area contributed by atoms with E-state index < -0.39 is 12.1 Å². The third kappa shape index (κ3) is 4.44. The molecule has 25 heavy (non-hydrogen) atoms. The van der Waals surface area contributed by atoms with Crippen molar-refractivity contribution in [3.05, 3.63) is 35.5 Å². The van der Waals surface area contributed by atoms with E-state index in [2.05, 4.69) is 9.64 Å². The van der Waals surface area contributed by atoms with Gasteiger partial charge in [-0.3, -0.25) is 9.91 Å². The van der Waals surface area contributed by atoms with Gasteiger partial charge in [0.15, 0.2) is 0 Å². The molecule has 0 N–H and O–H groups in total. The van der Waals surface area contributed by atoms with Crippen molar-refractivity contribution in [3.63, 3.8) is 0 Å². The highest BCUT2D eigenvalue weighted by Crippen LogP contribution is 2.31. The molecule has 5 nitrogen and oxygen atoms in total. The van der Waals surface area contributed by atoms with Crippen LogP contribution in [0.4, 0.5) is 18.9 Å². The minimum absolute atomic E-state index is 0.117. The first-order valence-electron chi connectivity index (χ1n) is 8.07. The number of rotatable bonds is 4. The summed E-state index contributed by atoms with van der Waals surface area (Å²) in [6.45, 7) is 3.70. The summed E-state index contributed by atoms with van der Waals surface area (Å²) < 4.78 is 41.5. The van der Waals surface area contributed by atoms with Crippen molar-refractivity contribution >= 4 is 5.69 Å². The topological polar surface area (TPSA) is 42.7 Å². The second-order valence-electron chi connectivity index (χ2n) is 6.31. The third-order valence-corrected chi connectivity index (χ3v) is 4.25. The molecule has 1 aromatic carbocycles. The highest BCUT2D eigenvalue weighted by atomic mass is 19.4. The predicted octanol–water partition coefficient (Wildman–Crippen LogP) is 3.10. The first-order chi connectivity index (χ1) is 11.8. The average Bonchev–Trinajstić information content (AvgIpc) is 3.15. The maximum absolute atomic E-state index is 12.5. The fourth-order valence-corrected chi connectivity index (χ4v) is 3.25. The van der Waals surface area contributed by atoms with Gasteiger partial charge in [-0.15, -0.1) is 13.2 Å². The lowest BCUT2D eigenvalue weighted by Crippen LogP contribution is -2.32. The first kappa shape index (κ1) is 17.6. The smallest absolute Gasteiger partial charge is 0.406 e. The molecule has 0 unspecified atom stereocenters. The molecule has 1 fully saturated rings. The van der Waals surface area contributed by atoms with E-state index in [1.54, 1.807) is 11.1 Å². The Morgan fingerprint density at radius 1 is 1.20 bits per heavy atom. The Kier molecular flexibility index (Phi) is 4.88. The molecular weight excluding hydrogens is 333 g/mol. The van der Waals surface area contributed by atoms with E-state index in [1.165, 1.54) is 24.5 Å². The van der Waals surface area contributed by atoms with E-state index in [0.29, 0.717) is 12.2 Å². The van der Waals surface area contributed by atoms with Crippen LogP contribution in [0.3, 0.4) is 0 Å². The molecule has 2 aliphatic heterocycles. The molecule has 0 amide bonds. The maximum atomic E-state index is 12.5. The number of alkyl halides is 3. The lowest BCUT2D eigenvalue weighted by Gasteiger charge is -2.25. The molecule has 0 spiro atoms. The Morgan fingerprint density at radius 2 is 1.92 bits per heavy atom. The van der Waals surface area contributed by atoms with Gasteiger partial charge in [0, 0.05) is 32.4 Å². The quantitative estimate of drug-likeness (QED) is 0.833. The van der Waals surface area contributed by atoms with Crippen LogP contribution in [0, 0.1) is 11.3 Å². The Labute approximate surface area is 144 Å². The van der Waals surface area contributed by atoms with Gasteiger partial charge < -0.3 is 4.74 Å². The molecule has 1 saturated heterocycles. The van der Waals surface area contributed by atoms with Crippen LogP contribution in [0.2, 0.25) is 0 Å². The number of ether oxygens (including phenoxy) is 1. The van der Waals surface area contributed by atoms with E-state index >= 15 is 0 Å². The summed E-state index contributed by atoms with van der Waals surface area (Å²) in [6.07, 6.45) is -0.463. The number of hydrogen-bond donors (Lipinski definition) is 0. The number of hydrazine groups is 1. The Morgan fingerprint density at radius 3 is 2.56 bits per heavy atom. The van der Waals surface area contributed by atoms with Crippen LogP contribution in [0.15, 0.2) is 30.0 Å². The third-order valence-electron chi connectivity index (χ3n) is 4.25. The van der Waals surface area contributed by atoms with E-state index in [1.807, 2.05) is 24.3 Å². The Balaban J connectivity index is 1.83. The predicted molar refractivity (Wildman–Crippen MR) is 86.7 cm³/mol. The number of likely N-dealkylation sites (tertiary alicyclic amines) is 1. The molecule has 0 radical (unpaired) electrons. The number of benzene rings is 1. The maximum Gasteiger partial charge on any atom is 0.573 e. The highest BCUT2D eigenvalue weighted by Gasteiger charge is 2.32. The largest absolute Gasteiger partial charge is 0.573 e. The van der Waals surface area contributed by atoms with Gasteiger partial charge in [0.2, 0.25) is 0 Å². The van der Waals surface area contributed by atoms with Gasteiger partial charge in [0.1, 0.15) is 5.75 Å². The van der Waals surface area contributed by atoms with Gasteiger partial charge >= 0.3 is 6.36 Å². The molecule has 0 atom stereocenters. The van der Waals surface area contributed by atoms with E-state index in [0.717, 1.165) is 25.7 Å². The number of hydrogen-bond acceptors (Lipinski definition) is 5. The van der Waals surface area contributed by atoms with Gasteiger partial charge in [-0.25, -0.2) is 5.01 Å². The lowest BCUT2D eigenvalue weighted by molar-refractivity contribution is -0.274. The average molecular weight is 352 g/mol. The number of likely N-dealkylation sites (N-methyl/N-ethyl adjacent to an activating group) is 1. The van der Waals surface area contributed by atoms with Crippen molar-refractivity contribution in [2.24, 2.45) is 0 Å². The van der Waals surface area contributed by atoms with Gasteiger partial charge in [-0.1, -0.05) is 0 Å². The molecular formula is C17H19F3N4O. The molecule has 8 heteroatoms. The van der Waals surface area contributed by atoms with Crippen LogP contribution in [-0.2, 0) is 0 Å². The standard InChI is InChI=1S/C17H19F3N4O/c1-22-10-14(11-23-4-2-3-5-23)12-24(22)15-6-13(9-21)7-16(8-15)25-17(18,19)20/h6-8,12H,2-5,10-11H2,1H3. The van der Waals surface area contributed by atoms with Crippen LogP contribution in [0.5, 0.6) is 5.75 Å². The Bertz CT molecular complexity index is 705. The molecule has 1 aromatic rings. The lowest BCUT2D eigenvalue weighted by atomic mass is 10.2. The fraction of sp³-hybridized carbons (Fsp3) is 0.471. The zero-order valence-electron chi connectivity index (χ0n) is 13.9. The molecule has 0 saturated carbocycles. The number of halogens is 3. The molecule has 0 aliphatic carbocycles. The monoisotopic (exact) mass is 352 g/mol. The van der Waals surface area contributed by atoms with Crippen LogP contribution >= 0.6 is 0 Å². The van der Waals surface area contributed by atoms with E-state index in [9.17, 15) is 13.2 Å². The van der Waals surface area contributed by atoms with Crippen molar-refractivity contribution in [3.8, 4) is 11.8 Å². The molecule has 134 valence electrons. The highest BCUT2D eigenvalue weighted by molar-refractivity contribution is 5.58. The van der Waals surface area contributed by atoms with Crippen LogP contribution in [0.25, 0.3) is 0 Å². The van der Waals surface area contributed by atoms with Crippen molar-refractivity contribution in [1.29, 1.82) is 5.26 Å². The molecule has 3 rings (SSSR count). The van der Waals surface area contributed by atoms with Gasteiger partial charge in [0.25, 0.3) is 0 Å². The number of anilines is 1. The van der Waals surface area contributed by atoms with Crippen LogP contribution < -0.4 is 9.75 Å². The summed E-state index contributed by atoms with van der Waals surface area (Å²) in [5.74, 6) is -0.392. The summed E-state index contributed by atoms with van der Waals surface area (Å²) in [5.41, 5.74) is 1.77. The summed E-state index contributed by atoms with van der Waals surface area (Å²) in [5, 5.41) is 12.8. The molecule has 2 heterocycles. The molecule has 0 bridgehead atoms. The zero-order chi connectivity index (χ0) is 18.0. The minimum Gasteiger partial charge on any atom is -0.406 e. The SMILES string of the molecule is CN1CC(CN2CCCC2)=CN1c1cc(C#N)cc(OC(F)(F)F)c1. The fourth-order valence-electron chi connectivity index (χ4n) is 3.25. The van der Waals surface area contributed by atoms with Gasteiger partial charge in [0.05, 0.1) is 17.3 Å². The van der Waals surface area contributed by atoms with Gasteiger partial charge in [-0.05, 0) is 43.6 Å². The zero-order valence-corrected chi connectivity index (χ0v) is 13.9. The summed E-state index contributed by atoms with van der Waals surface area (Å²) in [6, 6.07) is 5.81. The first-order valence-corrected chi connectivity index (χ1v) is 8.07. The van der Waals surface area contributed by atoms with Crippen molar-refractivity contribution in [2.45, 2.75) is 19.2 Å². The second-order valence-corrected chi connectivity index (χ2v) is 6.31. The van der Waals surface area contributed by atoms with Crippen molar-refractivity contribution in [2.75, 3.05) is 38.2 Å². The number of nitrogens with zero attached hydrogens (tertiary/aromatic N) is 4. The van der Waals surface area contributed by atoms with Crippen LogP contribution in [0.1, 0.15) is 18.4 Å². The minimum atomic E-state index is -4.79. The Hall–Kier alpha value is -2.24. The summed E-state index contributed by atoms with van der Waals surface area (Å²) in [7, 11) is 1.86. The molecule has 2 aliphatic rings. The van der Waals surface area contributed by atoms with Crippen LogP contribution in [-0.4, -0.2) is 49.5 Å². The normalized spacial score (nSPS) is 19.2. The summed E-state index contributed by atoms with van der Waals surface area (Å²) in [4.78, 5) is 2.37.